The number of phenolic OH excluding ortho intramolecular Hbond substituents is 1. The number of hydrazone groups is 1. The van der Waals surface area contributed by atoms with E-state index in [2.05, 4.69) is 17.5 Å². The van der Waals surface area contributed by atoms with Crippen LogP contribution in [0.15, 0.2) is 53.8 Å². The normalized spacial score (nSPS) is 14.9. The zero-order valence-electron chi connectivity index (χ0n) is 17.8. The average Bonchev–Trinajstić information content (AvgIpc) is 3.19. The van der Waals surface area contributed by atoms with Crippen LogP contribution in [0.2, 0.25) is 5.02 Å². The molecule has 1 aliphatic rings. The lowest BCUT2D eigenvalue weighted by molar-refractivity contribution is -0.133. The molecule has 0 unspecified atom stereocenters. The van der Waals surface area contributed by atoms with Crippen LogP contribution in [0.25, 0.3) is 10.9 Å². The van der Waals surface area contributed by atoms with Gasteiger partial charge in [0.2, 0.25) is 5.91 Å². The van der Waals surface area contributed by atoms with Gasteiger partial charge in [0.15, 0.2) is 0 Å². The minimum absolute atomic E-state index is 0.0868. The molecule has 0 saturated carbocycles. The topological polar surface area (TPSA) is 86.9 Å². The molecule has 0 atom stereocenters. The zero-order chi connectivity index (χ0) is 22.7. The summed E-state index contributed by atoms with van der Waals surface area (Å²) < 4.78 is 1.95. The summed E-state index contributed by atoms with van der Waals surface area (Å²) in [6.45, 7) is 4.18. The fourth-order valence-electron chi connectivity index (χ4n) is 3.87. The van der Waals surface area contributed by atoms with Crippen LogP contribution in [-0.4, -0.2) is 45.7 Å². The van der Waals surface area contributed by atoms with E-state index in [1.165, 1.54) is 18.2 Å². The Hall–Kier alpha value is -3.32. The number of halogens is 1. The van der Waals surface area contributed by atoms with E-state index in [0.717, 1.165) is 42.4 Å². The number of benzene rings is 2. The number of nitrogens with zero attached hydrogens (tertiary/aromatic N) is 3. The summed E-state index contributed by atoms with van der Waals surface area (Å²) in [7, 11) is 0. The number of nitrogens with one attached hydrogen (secondary N) is 1. The Morgan fingerprint density at radius 3 is 2.75 bits per heavy atom. The van der Waals surface area contributed by atoms with Crippen molar-refractivity contribution in [2.24, 2.45) is 11.0 Å². The van der Waals surface area contributed by atoms with Crippen molar-refractivity contribution in [1.29, 1.82) is 0 Å². The molecule has 0 aliphatic carbocycles. The van der Waals surface area contributed by atoms with Gasteiger partial charge in [-0.2, -0.15) is 5.10 Å². The van der Waals surface area contributed by atoms with E-state index in [9.17, 15) is 14.7 Å². The van der Waals surface area contributed by atoms with E-state index in [-0.39, 0.29) is 16.7 Å². The number of piperidine rings is 1. The van der Waals surface area contributed by atoms with Crippen LogP contribution in [0.5, 0.6) is 5.75 Å². The Labute approximate surface area is 191 Å². The molecule has 1 aliphatic heterocycles. The summed E-state index contributed by atoms with van der Waals surface area (Å²) in [5, 5.41) is 14.6. The number of hydrogen-bond donors (Lipinski definition) is 2. The predicted molar refractivity (Wildman–Crippen MR) is 125 cm³/mol. The maximum absolute atomic E-state index is 12.7. The Balaban J connectivity index is 1.45. The minimum atomic E-state index is -0.436. The van der Waals surface area contributed by atoms with Crippen LogP contribution < -0.4 is 5.43 Å². The van der Waals surface area contributed by atoms with Gasteiger partial charge in [-0.1, -0.05) is 30.7 Å². The number of phenols is 1. The van der Waals surface area contributed by atoms with Gasteiger partial charge in [0.25, 0.3) is 5.91 Å². The van der Waals surface area contributed by atoms with Gasteiger partial charge in [-0.3, -0.25) is 9.59 Å². The molecule has 2 N–H and O–H groups in total. The highest BCUT2D eigenvalue weighted by Crippen LogP contribution is 2.24. The van der Waals surface area contributed by atoms with Crippen LogP contribution >= 0.6 is 11.6 Å². The van der Waals surface area contributed by atoms with Crippen molar-refractivity contribution in [1.82, 2.24) is 14.9 Å². The van der Waals surface area contributed by atoms with Crippen molar-refractivity contribution in [2.45, 2.75) is 26.3 Å². The lowest BCUT2D eigenvalue weighted by atomic mass is 9.99. The van der Waals surface area contributed by atoms with E-state index < -0.39 is 5.91 Å². The molecule has 2 heterocycles. The van der Waals surface area contributed by atoms with Crippen molar-refractivity contribution >= 4 is 40.5 Å². The third-order valence-corrected chi connectivity index (χ3v) is 6.17. The molecule has 2 amide bonds. The Kier molecular flexibility index (Phi) is 6.46. The fourth-order valence-corrected chi connectivity index (χ4v) is 4.06. The number of carbonyl (C=O) groups is 2. The number of fused-ring (bicyclic) bond motifs is 1. The molecule has 1 fully saturated rings. The molecule has 32 heavy (non-hydrogen) atoms. The average molecular weight is 453 g/mol. The predicted octanol–water partition coefficient (Wildman–Crippen LogP) is 4.02. The minimum Gasteiger partial charge on any atom is -0.506 e. The van der Waals surface area contributed by atoms with Gasteiger partial charge in [-0.05, 0) is 49.1 Å². The molecule has 1 aromatic heterocycles. The highest BCUT2D eigenvalue weighted by Gasteiger charge is 2.20. The SMILES string of the molecule is CC1CCN(C(=O)Cn2ccc3c(C=NNC(=O)c4ccc(O)c(Cl)c4)cccc32)CC1. The molecule has 0 spiro atoms. The maximum Gasteiger partial charge on any atom is 0.271 e. The molecule has 0 bridgehead atoms. The Bertz CT molecular complexity index is 1180. The van der Waals surface area contributed by atoms with Crippen molar-refractivity contribution < 1.29 is 14.7 Å². The molecule has 1 saturated heterocycles. The first-order valence-corrected chi connectivity index (χ1v) is 11.0. The van der Waals surface area contributed by atoms with E-state index in [1.54, 1.807) is 6.21 Å². The van der Waals surface area contributed by atoms with Gasteiger partial charge in [0.05, 0.1) is 11.2 Å². The number of aromatic nitrogens is 1. The summed E-state index contributed by atoms with van der Waals surface area (Å²) in [5.74, 6) is 0.290. The van der Waals surface area contributed by atoms with Crippen molar-refractivity contribution in [3.8, 4) is 5.75 Å². The molecule has 3 aromatic rings. The second kappa shape index (κ2) is 9.44. The monoisotopic (exact) mass is 452 g/mol. The second-order valence-electron chi connectivity index (χ2n) is 8.15. The van der Waals surface area contributed by atoms with Gasteiger partial charge in [0.1, 0.15) is 12.3 Å². The third-order valence-electron chi connectivity index (χ3n) is 5.87. The molecule has 2 aromatic carbocycles. The van der Waals surface area contributed by atoms with Crippen molar-refractivity contribution in [3.63, 3.8) is 0 Å². The highest BCUT2D eigenvalue weighted by molar-refractivity contribution is 6.32. The maximum atomic E-state index is 12.7. The summed E-state index contributed by atoms with van der Waals surface area (Å²) in [6.07, 6.45) is 5.59. The quantitative estimate of drug-likeness (QED) is 0.452. The molecular formula is C24H25ClN4O3. The summed E-state index contributed by atoms with van der Waals surface area (Å²) >= 11 is 5.85. The van der Waals surface area contributed by atoms with E-state index in [0.29, 0.717) is 18.0 Å². The van der Waals surface area contributed by atoms with Gasteiger partial charge < -0.3 is 14.6 Å². The first kappa shape index (κ1) is 21.9. The highest BCUT2D eigenvalue weighted by atomic mass is 35.5. The first-order valence-electron chi connectivity index (χ1n) is 10.6. The largest absolute Gasteiger partial charge is 0.506 e. The summed E-state index contributed by atoms with van der Waals surface area (Å²) in [4.78, 5) is 26.9. The van der Waals surface area contributed by atoms with Crippen molar-refractivity contribution in [2.75, 3.05) is 13.1 Å². The van der Waals surface area contributed by atoms with Crippen molar-refractivity contribution in [3.05, 3.63) is 64.8 Å². The second-order valence-corrected chi connectivity index (χ2v) is 8.56. The van der Waals surface area contributed by atoms with Crippen LogP contribution in [0.3, 0.4) is 0 Å². The van der Waals surface area contributed by atoms with Gasteiger partial charge in [-0.15, -0.1) is 0 Å². The van der Waals surface area contributed by atoms with Gasteiger partial charge in [-0.25, -0.2) is 5.43 Å². The smallest absolute Gasteiger partial charge is 0.271 e. The molecule has 0 radical (unpaired) electrons. The number of aromatic hydroxyl groups is 1. The first-order chi connectivity index (χ1) is 15.4. The lowest BCUT2D eigenvalue weighted by Gasteiger charge is -2.30. The molecule has 7 nitrogen and oxygen atoms in total. The zero-order valence-corrected chi connectivity index (χ0v) is 18.5. The van der Waals surface area contributed by atoms with E-state index >= 15 is 0 Å². The number of likely N-dealkylation sites (tertiary alicyclic amines) is 1. The molecule has 8 heteroatoms. The third kappa shape index (κ3) is 4.78. The van der Waals surface area contributed by atoms with Crippen LogP contribution in [0.4, 0.5) is 0 Å². The summed E-state index contributed by atoms with van der Waals surface area (Å²) in [5.41, 5.74) is 4.52. The fraction of sp³-hybridized carbons (Fsp3) is 0.292. The standard InChI is InChI=1S/C24H25ClN4O3/c1-16-7-10-28(11-8-16)23(31)15-29-12-9-19-18(3-2-4-21(19)29)14-26-27-24(32)17-5-6-22(30)20(25)13-17/h2-6,9,12-14,16,30H,7-8,10-11,15H2,1H3,(H,27,32). The van der Waals surface area contributed by atoms with Crippen LogP contribution in [0.1, 0.15) is 35.7 Å². The molecule has 166 valence electrons. The molecule has 4 rings (SSSR count). The van der Waals surface area contributed by atoms with Gasteiger partial charge >= 0.3 is 0 Å². The van der Waals surface area contributed by atoms with Crippen LogP contribution in [0, 0.1) is 5.92 Å². The number of amides is 2. The Morgan fingerprint density at radius 2 is 2.00 bits per heavy atom. The lowest BCUT2D eigenvalue weighted by Crippen LogP contribution is -2.39. The van der Waals surface area contributed by atoms with E-state index in [1.807, 2.05) is 39.9 Å². The van der Waals surface area contributed by atoms with Gasteiger partial charge in [0, 0.05) is 41.3 Å². The number of hydrogen-bond acceptors (Lipinski definition) is 4. The molecular weight excluding hydrogens is 428 g/mol. The Morgan fingerprint density at radius 1 is 1.22 bits per heavy atom. The number of rotatable bonds is 5. The van der Waals surface area contributed by atoms with Crippen LogP contribution in [-0.2, 0) is 11.3 Å². The number of carbonyl (C=O) groups excluding carboxylic acids is 2. The summed E-state index contributed by atoms with van der Waals surface area (Å²) in [6, 6.07) is 11.9. The van der Waals surface area contributed by atoms with E-state index in [4.69, 9.17) is 11.6 Å².